The van der Waals surface area contributed by atoms with Crippen LogP contribution in [0.5, 0.6) is 0 Å². The number of halogens is 1. The third-order valence-corrected chi connectivity index (χ3v) is 4.59. The lowest BCUT2D eigenvalue weighted by molar-refractivity contribution is 0.268. The van der Waals surface area contributed by atoms with Gasteiger partial charge in [-0.25, -0.2) is 0 Å². The van der Waals surface area contributed by atoms with E-state index in [1.807, 2.05) is 0 Å². The first kappa shape index (κ1) is 25.2. The molecule has 0 spiro atoms. The quantitative estimate of drug-likeness (QED) is 0.229. The zero-order valence-electron chi connectivity index (χ0n) is 17.5. The van der Waals surface area contributed by atoms with Crippen LogP contribution < -0.4 is 10.6 Å². The van der Waals surface area contributed by atoms with Crippen molar-refractivity contribution in [2.24, 2.45) is 4.99 Å². The van der Waals surface area contributed by atoms with Gasteiger partial charge in [-0.3, -0.25) is 4.99 Å². The van der Waals surface area contributed by atoms with E-state index in [4.69, 9.17) is 4.99 Å². The number of nitrogens with one attached hydrogen (secondary N) is 2. The number of hydrogen-bond acceptors (Lipinski definition) is 2. The first-order valence-electron chi connectivity index (χ1n) is 9.73. The molecule has 0 bridgehead atoms. The summed E-state index contributed by atoms with van der Waals surface area (Å²) in [5, 5.41) is 6.81. The fourth-order valence-electron chi connectivity index (χ4n) is 2.60. The van der Waals surface area contributed by atoms with Crippen LogP contribution in [0.2, 0.25) is 0 Å². The third-order valence-electron chi connectivity index (χ3n) is 4.59. The standard InChI is InChI=1S/C21H38N4.HI/c1-7-22-21(23-13-8-9-14-25(6)17(2)3)24-16-19(5)20-12-10-11-18(4)15-20;/h10-12,15,17,19H,7-9,13-14,16H2,1-6H3,(H2,22,23,24);1H. The minimum atomic E-state index is 0. The number of hydrogen-bond donors (Lipinski definition) is 2. The molecular formula is C21H39IN4. The highest BCUT2D eigenvalue weighted by Gasteiger charge is 2.06. The highest BCUT2D eigenvalue weighted by molar-refractivity contribution is 14.0. The smallest absolute Gasteiger partial charge is 0.191 e. The highest BCUT2D eigenvalue weighted by Crippen LogP contribution is 2.16. The summed E-state index contributed by atoms with van der Waals surface area (Å²) < 4.78 is 0. The molecule has 4 nitrogen and oxygen atoms in total. The SMILES string of the molecule is CCNC(=NCC(C)c1cccc(C)c1)NCCCCN(C)C(C)C.I. The summed E-state index contributed by atoms with van der Waals surface area (Å²) in [6, 6.07) is 9.34. The Morgan fingerprint density at radius 3 is 2.50 bits per heavy atom. The predicted molar refractivity (Wildman–Crippen MR) is 126 cm³/mol. The first-order chi connectivity index (χ1) is 11.9. The second-order valence-corrected chi connectivity index (χ2v) is 7.24. The zero-order valence-corrected chi connectivity index (χ0v) is 19.8. The molecule has 1 rings (SSSR count). The number of guanidine groups is 1. The van der Waals surface area contributed by atoms with Gasteiger partial charge in [0.05, 0.1) is 0 Å². The van der Waals surface area contributed by atoms with Crippen molar-refractivity contribution < 1.29 is 0 Å². The van der Waals surface area contributed by atoms with Gasteiger partial charge >= 0.3 is 0 Å². The summed E-state index contributed by atoms with van der Waals surface area (Å²) in [7, 11) is 2.19. The Hall–Kier alpha value is -0.820. The van der Waals surface area contributed by atoms with E-state index in [9.17, 15) is 0 Å². The molecule has 0 saturated carbocycles. The van der Waals surface area contributed by atoms with E-state index in [-0.39, 0.29) is 24.0 Å². The average molecular weight is 474 g/mol. The van der Waals surface area contributed by atoms with Crippen LogP contribution in [0.1, 0.15) is 57.6 Å². The lowest BCUT2D eigenvalue weighted by Crippen LogP contribution is -2.38. The highest BCUT2D eigenvalue weighted by atomic mass is 127. The van der Waals surface area contributed by atoms with Crippen molar-refractivity contribution in [2.45, 2.75) is 59.4 Å². The lowest BCUT2D eigenvalue weighted by Gasteiger charge is -2.20. The molecule has 0 fully saturated rings. The van der Waals surface area contributed by atoms with Crippen LogP contribution in [-0.4, -0.2) is 50.1 Å². The van der Waals surface area contributed by atoms with Gasteiger partial charge in [-0.1, -0.05) is 36.8 Å². The first-order valence-corrected chi connectivity index (χ1v) is 9.73. The van der Waals surface area contributed by atoms with E-state index in [1.165, 1.54) is 17.5 Å². The molecule has 0 aliphatic rings. The molecule has 0 aliphatic carbocycles. The van der Waals surface area contributed by atoms with E-state index in [1.54, 1.807) is 0 Å². The topological polar surface area (TPSA) is 39.7 Å². The van der Waals surface area contributed by atoms with Gasteiger partial charge in [-0.2, -0.15) is 0 Å². The van der Waals surface area contributed by atoms with E-state index in [0.717, 1.165) is 38.6 Å². The molecule has 5 heteroatoms. The van der Waals surface area contributed by atoms with Crippen LogP contribution in [0.3, 0.4) is 0 Å². The Bertz CT molecular complexity index is 516. The van der Waals surface area contributed by atoms with Gasteiger partial charge in [0.25, 0.3) is 0 Å². The van der Waals surface area contributed by atoms with Crippen LogP contribution in [0, 0.1) is 6.92 Å². The maximum atomic E-state index is 4.76. The van der Waals surface area contributed by atoms with E-state index < -0.39 is 0 Å². The van der Waals surface area contributed by atoms with Crippen molar-refractivity contribution in [2.75, 3.05) is 33.2 Å². The Morgan fingerprint density at radius 2 is 1.88 bits per heavy atom. The van der Waals surface area contributed by atoms with Gasteiger partial charge in [0.2, 0.25) is 0 Å². The zero-order chi connectivity index (χ0) is 18.7. The summed E-state index contributed by atoms with van der Waals surface area (Å²) in [6.07, 6.45) is 2.37. The summed E-state index contributed by atoms with van der Waals surface area (Å²) in [6.45, 7) is 14.8. The molecule has 0 saturated heterocycles. The minimum absolute atomic E-state index is 0. The Kier molecular flexibility index (Phi) is 13.8. The van der Waals surface area contributed by atoms with Gasteiger partial charge in [0.15, 0.2) is 5.96 Å². The van der Waals surface area contributed by atoms with E-state index in [2.05, 4.69) is 81.5 Å². The second-order valence-electron chi connectivity index (χ2n) is 7.24. The Labute approximate surface area is 178 Å². The molecule has 26 heavy (non-hydrogen) atoms. The second kappa shape index (κ2) is 14.3. The fourth-order valence-corrected chi connectivity index (χ4v) is 2.60. The molecule has 2 N–H and O–H groups in total. The number of aryl methyl sites for hydroxylation is 1. The molecule has 0 heterocycles. The van der Waals surface area contributed by atoms with Gasteiger partial charge in [-0.15, -0.1) is 24.0 Å². The Balaban J connectivity index is 0.00000625. The van der Waals surface area contributed by atoms with Crippen molar-refractivity contribution in [3.05, 3.63) is 35.4 Å². The molecule has 0 radical (unpaired) electrons. The summed E-state index contributed by atoms with van der Waals surface area (Å²) >= 11 is 0. The van der Waals surface area contributed by atoms with Gasteiger partial charge in [-0.05, 0) is 59.7 Å². The molecule has 1 unspecified atom stereocenters. The molecule has 1 aromatic rings. The Morgan fingerprint density at radius 1 is 1.15 bits per heavy atom. The third kappa shape index (κ3) is 10.4. The number of nitrogens with zero attached hydrogens (tertiary/aromatic N) is 2. The van der Waals surface area contributed by atoms with E-state index in [0.29, 0.717) is 12.0 Å². The van der Waals surface area contributed by atoms with Crippen LogP contribution in [0.25, 0.3) is 0 Å². The van der Waals surface area contributed by atoms with Gasteiger partial charge in [0, 0.05) is 31.6 Å². The lowest BCUT2D eigenvalue weighted by atomic mass is 10.00. The monoisotopic (exact) mass is 474 g/mol. The molecular weight excluding hydrogens is 435 g/mol. The molecule has 0 aliphatic heterocycles. The van der Waals surface area contributed by atoms with E-state index >= 15 is 0 Å². The molecule has 0 aromatic heterocycles. The molecule has 1 aromatic carbocycles. The summed E-state index contributed by atoms with van der Waals surface area (Å²) in [5.74, 6) is 1.36. The number of aliphatic imine (C=N–C) groups is 1. The van der Waals surface area contributed by atoms with Crippen LogP contribution in [0.4, 0.5) is 0 Å². The van der Waals surface area contributed by atoms with Crippen LogP contribution in [0.15, 0.2) is 29.3 Å². The average Bonchev–Trinajstić information content (AvgIpc) is 2.58. The van der Waals surface area contributed by atoms with Crippen LogP contribution in [-0.2, 0) is 0 Å². The summed E-state index contributed by atoms with van der Waals surface area (Å²) in [4.78, 5) is 7.16. The van der Waals surface area contributed by atoms with Gasteiger partial charge in [0.1, 0.15) is 0 Å². The maximum absolute atomic E-state index is 4.76. The number of benzene rings is 1. The minimum Gasteiger partial charge on any atom is -0.357 e. The van der Waals surface area contributed by atoms with Crippen molar-refractivity contribution >= 4 is 29.9 Å². The van der Waals surface area contributed by atoms with Crippen molar-refractivity contribution in [3.8, 4) is 0 Å². The number of unbranched alkanes of at least 4 members (excludes halogenated alkanes) is 1. The van der Waals surface area contributed by atoms with Crippen LogP contribution >= 0.6 is 24.0 Å². The summed E-state index contributed by atoms with van der Waals surface area (Å²) in [5.41, 5.74) is 2.67. The predicted octanol–water partition coefficient (Wildman–Crippen LogP) is 4.39. The fraction of sp³-hybridized carbons (Fsp3) is 0.667. The molecule has 150 valence electrons. The van der Waals surface area contributed by atoms with Crippen molar-refractivity contribution in [1.29, 1.82) is 0 Å². The van der Waals surface area contributed by atoms with Gasteiger partial charge < -0.3 is 15.5 Å². The molecule has 1 atom stereocenters. The molecule has 0 amide bonds. The largest absolute Gasteiger partial charge is 0.357 e. The van der Waals surface area contributed by atoms with Crippen molar-refractivity contribution in [1.82, 2.24) is 15.5 Å². The maximum Gasteiger partial charge on any atom is 0.191 e. The number of rotatable bonds is 10. The van der Waals surface area contributed by atoms with Crippen molar-refractivity contribution in [3.63, 3.8) is 0 Å². The normalized spacial score (nSPS) is 12.8.